The summed E-state index contributed by atoms with van der Waals surface area (Å²) < 4.78 is 2.20. The van der Waals surface area contributed by atoms with E-state index in [-0.39, 0.29) is 11.3 Å². The molecule has 1 heterocycles. The van der Waals surface area contributed by atoms with E-state index >= 15 is 0 Å². The number of carboxylic acid groups (broad SMARTS) is 1. The van der Waals surface area contributed by atoms with Crippen LogP contribution in [0.2, 0.25) is 0 Å². The van der Waals surface area contributed by atoms with Gasteiger partial charge in [0.05, 0.1) is 22.3 Å². The van der Waals surface area contributed by atoms with Crippen molar-refractivity contribution in [1.29, 1.82) is 0 Å². The predicted molar refractivity (Wildman–Crippen MR) is 78.6 cm³/mol. The van der Waals surface area contributed by atoms with Crippen LogP contribution >= 0.6 is 15.9 Å². The summed E-state index contributed by atoms with van der Waals surface area (Å²) in [6.07, 6.45) is 0. The lowest BCUT2D eigenvalue weighted by Crippen LogP contribution is -2.15. The largest absolute Gasteiger partial charge is 0.478 e. The number of nitrogens with zero attached hydrogens (tertiary/aromatic N) is 1. The minimum atomic E-state index is -1.03. The fourth-order valence-electron chi connectivity index (χ4n) is 2.11. The second-order valence-electron chi connectivity index (χ2n) is 4.25. The predicted octanol–water partition coefficient (Wildman–Crippen LogP) is 2.78. The van der Waals surface area contributed by atoms with Gasteiger partial charge >= 0.3 is 11.7 Å². The molecule has 0 bridgehead atoms. The lowest BCUT2D eigenvalue weighted by molar-refractivity contribution is 0.0697. The van der Waals surface area contributed by atoms with E-state index < -0.39 is 5.97 Å². The van der Waals surface area contributed by atoms with E-state index in [9.17, 15) is 9.59 Å². The SMILES string of the molecule is O=C(O)c1ccc2[nH]c(=O)n(-c3ccccc3Br)c2c1. The number of aromatic nitrogens is 2. The topological polar surface area (TPSA) is 75.1 Å². The molecule has 100 valence electrons. The van der Waals surface area contributed by atoms with Crippen molar-refractivity contribution in [2.75, 3.05) is 0 Å². The molecule has 5 nitrogen and oxygen atoms in total. The van der Waals surface area contributed by atoms with Gasteiger partial charge in [-0.15, -0.1) is 0 Å². The highest BCUT2D eigenvalue weighted by atomic mass is 79.9. The zero-order valence-corrected chi connectivity index (χ0v) is 11.7. The van der Waals surface area contributed by atoms with Gasteiger partial charge in [-0.3, -0.25) is 4.57 Å². The molecule has 0 saturated carbocycles. The number of hydrogen-bond acceptors (Lipinski definition) is 2. The molecular weight excluding hydrogens is 324 g/mol. The Morgan fingerprint density at radius 2 is 1.95 bits per heavy atom. The monoisotopic (exact) mass is 332 g/mol. The fourth-order valence-corrected chi connectivity index (χ4v) is 2.57. The van der Waals surface area contributed by atoms with Crippen LogP contribution in [0, 0.1) is 0 Å². The van der Waals surface area contributed by atoms with Crippen molar-refractivity contribution in [3.8, 4) is 5.69 Å². The van der Waals surface area contributed by atoms with Crippen LogP contribution in [0.15, 0.2) is 51.7 Å². The Morgan fingerprint density at radius 1 is 1.20 bits per heavy atom. The van der Waals surface area contributed by atoms with Crippen LogP contribution in [0.4, 0.5) is 0 Å². The number of fused-ring (bicyclic) bond motifs is 1. The number of rotatable bonds is 2. The number of imidazole rings is 1. The maximum atomic E-state index is 12.1. The number of hydrogen-bond donors (Lipinski definition) is 2. The first kappa shape index (κ1) is 12.7. The smallest absolute Gasteiger partial charge is 0.335 e. The van der Waals surface area contributed by atoms with Gasteiger partial charge in [-0.1, -0.05) is 12.1 Å². The zero-order chi connectivity index (χ0) is 14.3. The molecule has 0 fully saturated rings. The summed E-state index contributed by atoms with van der Waals surface area (Å²) in [5, 5.41) is 9.06. The second-order valence-corrected chi connectivity index (χ2v) is 5.11. The molecule has 0 spiro atoms. The summed E-state index contributed by atoms with van der Waals surface area (Å²) in [7, 11) is 0. The first-order chi connectivity index (χ1) is 9.58. The number of halogens is 1. The minimum Gasteiger partial charge on any atom is -0.478 e. The van der Waals surface area contributed by atoms with Crippen molar-refractivity contribution in [2.45, 2.75) is 0 Å². The van der Waals surface area contributed by atoms with Crippen LogP contribution in [0.25, 0.3) is 16.7 Å². The Kier molecular flexibility index (Phi) is 2.94. The average Bonchev–Trinajstić information content (AvgIpc) is 2.74. The number of carboxylic acids is 1. The number of para-hydroxylation sites is 1. The van der Waals surface area contributed by atoms with Gasteiger partial charge in [-0.2, -0.15) is 0 Å². The first-order valence-corrected chi connectivity index (χ1v) is 6.60. The van der Waals surface area contributed by atoms with Crippen molar-refractivity contribution < 1.29 is 9.90 Å². The van der Waals surface area contributed by atoms with E-state index in [2.05, 4.69) is 20.9 Å². The standard InChI is InChI=1S/C14H9BrN2O3/c15-9-3-1-2-4-11(9)17-12-7-8(13(18)19)5-6-10(12)16-14(17)20/h1-7H,(H,16,20)(H,18,19). The van der Waals surface area contributed by atoms with Gasteiger partial charge in [0.1, 0.15) is 0 Å². The van der Waals surface area contributed by atoms with Crippen molar-refractivity contribution in [2.24, 2.45) is 0 Å². The summed E-state index contributed by atoms with van der Waals surface area (Å²) >= 11 is 3.40. The van der Waals surface area contributed by atoms with Gasteiger partial charge in [0.2, 0.25) is 0 Å². The minimum absolute atomic E-state index is 0.136. The van der Waals surface area contributed by atoms with E-state index in [4.69, 9.17) is 5.11 Å². The summed E-state index contributed by atoms with van der Waals surface area (Å²) in [6, 6.07) is 11.8. The normalized spacial score (nSPS) is 10.8. The summed E-state index contributed by atoms with van der Waals surface area (Å²) in [4.78, 5) is 25.9. The molecule has 3 aromatic rings. The number of H-pyrrole nitrogens is 1. The molecule has 0 aliphatic heterocycles. The van der Waals surface area contributed by atoms with Crippen LogP contribution in [-0.2, 0) is 0 Å². The fraction of sp³-hybridized carbons (Fsp3) is 0. The van der Waals surface area contributed by atoms with E-state index in [1.165, 1.54) is 16.7 Å². The maximum absolute atomic E-state index is 12.1. The molecule has 20 heavy (non-hydrogen) atoms. The van der Waals surface area contributed by atoms with Crippen LogP contribution in [0.3, 0.4) is 0 Å². The van der Waals surface area contributed by atoms with Gasteiger partial charge in [-0.25, -0.2) is 9.59 Å². The number of aromatic carboxylic acids is 1. The number of aromatic amines is 1. The summed E-state index contributed by atoms with van der Waals surface area (Å²) in [5.41, 5.74) is 1.61. The number of nitrogens with one attached hydrogen (secondary N) is 1. The van der Waals surface area contributed by atoms with Crippen LogP contribution in [0.1, 0.15) is 10.4 Å². The summed E-state index contributed by atoms with van der Waals surface area (Å²) in [6.45, 7) is 0. The molecule has 3 rings (SSSR count). The van der Waals surface area contributed by atoms with Gasteiger partial charge in [-0.05, 0) is 46.3 Å². The lowest BCUT2D eigenvalue weighted by Gasteiger charge is -2.06. The van der Waals surface area contributed by atoms with E-state index in [0.717, 1.165) is 4.47 Å². The molecule has 0 amide bonds. The Balaban J connectivity index is 2.38. The Labute approximate surface area is 121 Å². The van der Waals surface area contributed by atoms with Gasteiger partial charge < -0.3 is 10.1 Å². The van der Waals surface area contributed by atoms with Gasteiger partial charge in [0.25, 0.3) is 0 Å². The summed E-state index contributed by atoms with van der Waals surface area (Å²) in [5.74, 6) is -1.03. The molecule has 6 heteroatoms. The van der Waals surface area contributed by atoms with E-state index in [0.29, 0.717) is 16.7 Å². The molecule has 0 unspecified atom stereocenters. The van der Waals surface area contributed by atoms with Crippen LogP contribution < -0.4 is 5.69 Å². The molecule has 2 aromatic carbocycles. The van der Waals surface area contributed by atoms with E-state index in [1.807, 2.05) is 18.2 Å². The molecule has 0 atom stereocenters. The third-order valence-corrected chi connectivity index (χ3v) is 3.69. The highest BCUT2D eigenvalue weighted by Crippen LogP contribution is 2.23. The molecule has 0 aliphatic carbocycles. The third kappa shape index (κ3) is 1.94. The van der Waals surface area contributed by atoms with Crippen molar-refractivity contribution >= 4 is 32.9 Å². The van der Waals surface area contributed by atoms with Crippen LogP contribution in [-0.4, -0.2) is 20.6 Å². The molecule has 0 radical (unpaired) electrons. The average molecular weight is 333 g/mol. The maximum Gasteiger partial charge on any atom is 0.335 e. The second kappa shape index (κ2) is 4.64. The highest BCUT2D eigenvalue weighted by Gasteiger charge is 2.13. The number of carbonyl (C=O) groups is 1. The quantitative estimate of drug-likeness (QED) is 0.757. The lowest BCUT2D eigenvalue weighted by atomic mass is 10.2. The Morgan fingerprint density at radius 3 is 2.65 bits per heavy atom. The van der Waals surface area contributed by atoms with Crippen molar-refractivity contribution in [3.63, 3.8) is 0 Å². The Hall–Kier alpha value is -2.34. The first-order valence-electron chi connectivity index (χ1n) is 5.81. The van der Waals surface area contributed by atoms with Gasteiger partial charge in [0, 0.05) is 4.47 Å². The van der Waals surface area contributed by atoms with Crippen LogP contribution in [0.5, 0.6) is 0 Å². The number of benzene rings is 2. The molecular formula is C14H9BrN2O3. The van der Waals surface area contributed by atoms with Gasteiger partial charge in [0.15, 0.2) is 0 Å². The molecule has 1 aromatic heterocycles. The zero-order valence-electron chi connectivity index (χ0n) is 10.1. The molecule has 2 N–H and O–H groups in total. The molecule has 0 saturated heterocycles. The van der Waals surface area contributed by atoms with Crippen molar-refractivity contribution in [1.82, 2.24) is 9.55 Å². The third-order valence-electron chi connectivity index (χ3n) is 3.02. The molecule has 0 aliphatic rings. The highest BCUT2D eigenvalue weighted by molar-refractivity contribution is 9.10. The van der Waals surface area contributed by atoms with E-state index in [1.54, 1.807) is 12.1 Å². The Bertz CT molecular complexity index is 880. The van der Waals surface area contributed by atoms with Crippen molar-refractivity contribution in [3.05, 3.63) is 63.0 Å².